The third-order valence-corrected chi connectivity index (χ3v) is 3.51. The van der Waals surface area contributed by atoms with Gasteiger partial charge in [0, 0.05) is 18.3 Å². The van der Waals surface area contributed by atoms with Gasteiger partial charge in [0.1, 0.15) is 5.75 Å². The summed E-state index contributed by atoms with van der Waals surface area (Å²) < 4.78 is 31.0. The van der Waals surface area contributed by atoms with Crippen LogP contribution in [0.5, 0.6) is 5.75 Å². The minimum Gasteiger partial charge on any atom is -0.497 e. The van der Waals surface area contributed by atoms with Crippen LogP contribution in [-0.4, -0.2) is 24.7 Å². The number of methoxy groups -OCH3 is 1. The molecule has 2 aromatic carbocycles. The van der Waals surface area contributed by atoms with Crippen LogP contribution >= 0.6 is 12.2 Å². The summed E-state index contributed by atoms with van der Waals surface area (Å²) in [4.78, 5) is 11.8. The number of nitrogens with one attached hydrogen (secondary N) is 3. The summed E-state index contributed by atoms with van der Waals surface area (Å²) in [6.45, 7) is 0.383. The zero-order valence-electron chi connectivity index (χ0n) is 13.4. The van der Waals surface area contributed by atoms with Crippen molar-refractivity contribution in [2.45, 2.75) is 6.54 Å². The van der Waals surface area contributed by atoms with Crippen LogP contribution in [0, 0.1) is 11.6 Å². The number of carbonyl (C=O) groups is 1. The Morgan fingerprint density at radius 3 is 2.44 bits per heavy atom. The zero-order chi connectivity index (χ0) is 18.2. The number of thiocarbonyl (C=S) groups is 1. The van der Waals surface area contributed by atoms with Crippen molar-refractivity contribution >= 4 is 28.9 Å². The van der Waals surface area contributed by atoms with E-state index in [1.54, 1.807) is 7.11 Å². The third kappa shape index (κ3) is 6.00. The maximum atomic E-state index is 13.1. The van der Waals surface area contributed by atoms with Gasteiger partial charge in [-0.15, -0.1) is 0 Å². The van der Waals surface area contributed by atoms with E-state index in [4.69, 9.17) is 17.0 Å². The fourth-order valence-electron chi connectivity index (χ4n) is 1.93. The Labute approximate surface area is 149 Å². The molecular weight excluding hydrogens is 348 g/mol. The normalized spacial score (nSPS) is 10.0. The highest BCUT2D eigenvalue weighted by molar-refractivity contribution is 7.80. The lowest BCUT2D eigenvalue weighted by atomic mass is 10.2. The summed E-state index contributed by atoms with van der Waals surface area (Å²) in [7, 11) is 1.59. The fraction of sp³-hybridized carbons (Fsp3) is 0.176. The van der Waals surface area contributed by atoms with Crippen LogP contribution in [0.2, 0.25) is 0 Å². The van der Waals surface area contributed by atoms with E-state index >= 15 is 0 Å². The summed E-state index contributed by atoms with van der Waals surface area (Å²) in [5, 5.41) is 8.44. The SMILES string of the molecule is COc1ccc(CNC(=S)NCC(=O)Nc2ccc(F)c(F)c2)cc1. The van der Waals surface area contributed by atoms with Crippen molar-refractivity contribution in [3.63, 3.8) is 0 Å². The first kappa shape index (κ1) is 18.6. The lowest BCUT2D eigenvalue weighted by Gasteiger charge is -2.11. The van der Waals surface area contributed by atoms with E-state index in [0.717, 1.165) is 23.4 Å². The minimum atomic E-state index is -1.03. The lowest BCUT2D eigenvalue weighted by molar-refractivity contribution is -0.115. The van der Waals surface area contributed by atoms with Gasteiger partial charge in [0.25, 0.3) is 0 Å². The average Bonchev–Trinajstić information content (AvgIpc) is 2.61. The molecule has 0 bridgehead atoms. The number of ether oxygens (including phenoxy) is 1. The number of hydrogen-bond acceptors (Lipinski definition) is 3. The number of hydrogen-bond donors (Lipinski definition) is 3. The van der Waals surface area contributed by atoms with Crippen molar-refractivity contribution in [3.05, 3.63) is 59.7 Å². The molecule has 0 heterocycles. The average molecular weight is 365 g/mol. The number of rotatable bonds is 6. The van der Waals surface area contributed by atoms with Crippen molar-refractivity contribution in [1.29, 1.82) is 0 Å². The van der Waals surface area contributed by atoms with Crippen LogP contribution < -0.4 is 20.7 Å². The Morgan fingerprint density at radius 2 is 1.80 bits per heavy atom. The third-order valence-electron chi connectivity index (χ3n) is 3.22. The Bertz CT molecular complexity index is 754. The Balaban J connectivity index is 1.73. The van der Waals surface area contributed by atoms with Gasteiger partial charge in [0.15, 0.2) is 16.7 Å². The zero-order valence-corrected chi connectivity index (χ0v) is 14.3. The van der Waals surface area contributed by atoms with Gasteiger partial charge in [-0.25, -0.2) is 8.78 Å². The smallest absolute Gasteiger partial charge is 0.243 e. The molecule has 0 saturated carbocycles. The monoisotopic (exact) mass is 365 g/mol. The molecule has 0 atom stereocenters. The van der Waals surface area contributed by atoms with Crippen LogP contribution in [0.3, 0.4) is 0 Å². The molecule has 0 fully saturated rings. The number of amides is 1. The lowest BCUT2D eigenvalue weighted by Crippen LogP contribution is -2.39. The highest BCUT2D eigenvalue weighted by Crippen LogP contribution is 2.13. The Morgan fingerprint density at radius 1 is 1.08 bits per heavy atom. The van der Waals surface area contributed by atoms with Gasteiger partial charge in [-0.1, -0.05) is 12.1 Å². The summed E-state index contributed by atoms with van der Waals surface area (Å²) >= 11 is 5.09. The molecule has 0 radical (unpaired) electrons. The molecule has 0 saturated heterocycles. The first-order valence-electron chi connectivity index (χ1n) is 7.37. The molecule has 0 spiro atoms. The molecule has 8 heteroatoms. The molecule has 0 aliphatic rings. The van der Waals surface area contributed by atoms with Crippen LogP contribution in [0.1, 0.15) is 5.56 Å². The van der Waals surface area contributed by atoms with Gasteiger partial charge in [-0.3, -0.25) is 4.79 Å². The van der Waals surface area contributed by atoms with E-state index in [0.29, 0.717) is 11.7 Å². The second kappa shape index (κ2) is 8.93. The van der Waals surface area contributed by atoms with Crippen molar-refractivity contribution in [2.24, 2.45) is 0 Å². The van der Waals surface area contributed by atoms with Crippen LogP contribution in [0.15, 0.2) is 42.5 Å². The summed E-state index contributed by atoms with van der Waals surface area (Å²) in [6, 6.07) is 10.6. The van der Waals surface area contributed by atoms with E-state index in [1.807, 2.05) is 24.3 Å². The van der Waals surface area contributed by atoms with Crippen molar-refractivity contribution < 1.29 is 18.3 Å². The van der Waals surface area contributed by atoms with Crippen LogP contribution in [0.25, 0.3) is 0 Å². The molecule has 3 N–H and O–H groups in total. The Kier molecular flexibility index (Phi) is 6.64. The van der Waals surface area contributed by atoms with Gasteiger partial charge in [0.2, 0.25) is 5.91 Å². The summed E-state index contributed by atoms with van der Waals surface area (Å²) in [5.41, 5.74) is 1.17. The van der Waals surface area contributed by atoms with E-state index in [2.05, 4.69) is 16.0 Å². The molecule has 2 rings (SSSR count). The maximum absolute atomic E-state index is 13.1. The van der Waals surface area contributed by atoms with Gasteiger partial charge < -0.3 is 20.7 Å². The second-order valence-corrected chi connectivity index (χ2v) is 5.47. The largest absolute Gasteiger partial charge is 0.497 e. The van der Waals surface area contributed by atoms with Gasteiger partial charge in [-0.05, 0) is 42.0 Å². The molecule has 0 aromatic heterocycles. The number of anilines is 1. The molecule has 0 unspecified atom stereocenters. The number of halogens is 2. The van der Waals surface area contributed by atoms with E-state index in [1.165, 1.54) is 6.07 Å². The highest BCUT2D eigenvalue weighted by Gasteiger charge is 2.07. The van der Waals surface area contributed by atoms with Crippen molar-refractivity contribution in [1.82, 2.24) is 10.6 Å². The molecule has 0 aliphatic heterocycles. The van der Waals surface area contributed by atoms with Crippen LogP contribution in [-0.2, 0) is 11.3 Å². The predicted octanol–water partition coefficient (Wildman–Crippen LogP) is 2.58. The number of carbonyl (C=O) groups excluding carboxylic acids is 1. The minimum absolute atomic E-state index is 0.104. The summed E-state index contributed by atoms with van der Waals surface area (Å²) in [5.74, 6) is -1.67. The molecule has 132 valence electrons. The van der Waals surface area contributed by atoms with E-state index in [-0.39, 0.29) is 12.2 Å². The van der Waals surface area contributed by atoms with Gasteiger partial charge in [-0.2, -0.15) is 0 Å². The Hall–Kier alpha value is -2.74. The van der Waals surface area contributed by atoms with Gasteiger partial charge in [0.05, 0.1) is 13.7 Å². The fourth-order valence-corrected chi connectivity index (χ4v) is 2.07. The highest BCUT2D eigenvalue weighted by atomic mass is 32.1. The second-order valence-electron chi connectivity index (χ2n) is 5.06. The summed E-state index contributed by atoms with van der Waals surface area (Å²) in [6.07, 6.45) is 0. The van der Waals surface area contributed by atoms with Crippen LogP contribution in [0.4, 0.5) is 14.5 Å². The first-order chi connectivity index (χ1) is 12.0. The quantitative estimate of drug-likeness (QED) is 0.687. The molecule has 5 nitrogen and oxygen atoms in total. The standard InChI is InChI=1S/C17H17F2N3O2S/c1-24-13-5-2-11(3-6-13)9-20-17(25)21-10-16(23)22-12-4-7-14(18)15(19)8-12/h2-8H,9-10H2,1H3,(H,22,23)(H2,20,21,25). The van der Waals surface area contributed by atoms with Gasteiger partial charge >= 0.3 is 0 Å². The molecule has 2 aromatic rings. The van der Waals surface area contributed by atoms with E-state index in [9.17, 15) is 13.6 Å². The maximum Gasteiger partial charge on any atom is 0.243 e. The molecule has 0 aliphatic carbocycles. The number of benzene rings is 2. The topological polar surface area (TPSA) is 62.4 Å². The predicted molar refractivity (Wildman–Crippen MR) is 95.4 cm³/mol. The van der Waals surface area contributed by atoms with Crippen molar-refractivity contribution in [3.8, 4) is 5.75 Å². The first-order valence-corrected chi connectivity index (χ1v) is 7.78. The molecular formula is C17H17F2N3O2S. The molecule has 25 heavy (non-hydrogen) atoms. The van der Waals surface area contributed by atoms with E-state index < -0.39 is 17.5 Å². The van der Waals surface area contributed by atoms with Crippen molar-refractivity contribution in [2.75, 3.05) is 19.0 Å². The molecule has 1 amide bonds.